The molecule has 0 aromatic rings. The maximum absolute atomic E-state index is 11.6. The lowest BCUT2D eigenvalue weighted by atomic mass is 10.2. The van der Waals surface area contributed by atoms with Crippen LogP contribution in [0.1, 0.15) is 34.1 Å². The summed E-state index contributed by atoms with van der Waals surface area (Å²) in [6, 6.07) is 0. The van der Waals surface area contributed by atoms with E-state index >= 15 is 0 Å². The number of likely N-dealkylation sites (N-methyl/N-ethyl adjacent to an activating group) is 1. The van der Waals surface area contributed by atoms with Gasteiger partial charge in [0.25, 0.3) is 0 Å². The Bertz CT molecular complexity index is 320. The highest BCUT2D eigenvalue weighted by atomic mass is 32.2. The van der Waals surface area contributed by atoms with E-state index < -0.39 is 11.4 Å². The Morgan fingerprint density at radius 2 is 1.86 bits per heavy atom. The molecule has 1 amide bonds. The minimum Gasteiger partial charge on any atom is -0.350 e. The average molecular weight is 323 g/mol. The van der Waals surface area contributed by atoms with Crippen molar-refractivity contribution in [2.75, 3.05) is 46.4 Å². The normalized spacial score (nSPS) is 13.4. The van der Waals surface area contributed by atoms with Gasteiger partial charge in [-0.2, -0.15) is 4.21 Å². The van der Waals surface area contributed by atoms with Gasteiger partial charge in [0, 0.05) is 12.3 Å². The number of hydrogen-bond acceptors (Lipinski definition) is 4. The molecule has 0 heterocycles. The summed E-state index contributed by atoms with van der Waals surface area (Å²) in [6.45, 7) is 13.0. The molecule has 21 heavy (non-hydrogen) atoms. The van der Waals surface area contributed by atoms with E-state index in [1.807, 2.05) is 13.8 Å². The molecule has 0 bridgehead atoms. The zero-order valence-corrected chi connectivity index (χ0v) is 14.8. The summed E-state index contributed by atoms with van der Waals surface area (Å²) < 4.78 is 21.5. The third-order valence-electron chi connectivity index (χ3n) is 3.84. The quantitative estimate of drug-likeness (QED) is 0.434. The van der Waals surface area contributed by atoms with E-state index in [0.29, 0.717) is 13.2 Å². The van der Waals surface area contributed by atoms with Crippen LogP contribution in [-0.4, -0.2) is 61.0 Å². The Morgan fingerprint density at radius 1 is 1.24 bits per heavy atom. The fraction of sp³-hybridized carbons (Fsp3) is 0.929. The average Bonchev–Trinajstić information content (AvgIpc) is 2.49. The summed E-state index contributed by atoms with van der Waals surface area (Å²) in [5.41, 5.74) is 0. The number of quaternary nitrogens is 1. The van der Waals surface area contributed by atoms with Crippen LogP contribution in [0.25, 0.3) is 0 Å². The first-order valence-electron chi connectivity index (χ1n) is 7.63. The topological polar surface area (TPSA) is 64.6 Å². The molecule has 0 aliphatic carbocycles. The van der Waals surface area contributed by atoms with Gasteiger partial charge in [-0.25, -0.2) is 0 Å². The lowest BCUT2D eigenvalue weighted by Gasteiger charge is -2.37. The van der Waals surface area contributed by atoms with Crippen LogP contribution in [0.4, 0.5) is 0 Å². The Kier molecular flexibility index (Phi) is 10.9. The van der Waals surface area contributed by atoms with Gasteiger partial charge in [-0.15, -0.1) is 0 Å². The first-order valence-corrected chi connectivity index (χ1v) is 8.63. The molecule has 0 aliphatic heterocycles. The van der Waals surface area contributed by atoms with Crippen LogP contribution in [0.3, 0.4) is 0 Å². The number of amides is 1. The molecule has 126 valence electrons. The van der Waals surface area contributed by atoms with Crippen LogP contribution < -0.4 is 5.32 Å². The van der Waals surface area contributed by atoms with Crippen LogP contribution in [-0.2, 0) is 24.5 Å². The number of nitrogens with zero attached hydrogens (tertiary/aromatic N) is 1. The molecule has 0 aliphatic rings. The highest BCUT2D eigenvalue weighted by Gasteiger charge is 2.23. The third kappa shape index (κ3) is 8.50. The summed E-state index contributed by atoms with van der Waals surface area (Å²) >= 11 is -1.64. The third-order valence-corrected chi connectivity index (χ3v) is 4.48. The molecule has 1 unspecified atom stereocenters. The van der Waals surface area contributed by atoms with E-state index in [-0.39, 0.29) is 11.8 Å². The smallest absolute Gasteiger partial charge is 0.304 e. The SMILES string of the molecule is CC[N+](CC)(CCCOS(=O)OC)CCNC(=O)C(C)C. The Hall–Kier alpha value is -0.500. The molecule has 0 fully saturated rings. The monoisotopic (exact) mass is 323 g/mol. The minimum atomic E-state index is -1.64. The highest BCUT2D eigenvalue weighted by Crippen LogP contribution is 2.08. The van der Waals surface area contributed by atoms with Crippen LogP contribution in [0.5, 0.6) is 0 Å². The molecule has 0 spiro atoms. The van der Waals surface area contributed by atoms with Gasteiger partial charge in [-0.3, -0.25) is 13.2 Å². The Morgan fingerprint density at radius 3 is 2.33 bits per heavy atom. The van der Waals surface area contributed by atoms with E-state index in [1.54, 1.807) is 0 Å². The van der Waals surface area contributed by atoms with Crippen molar-refractivity contribution in [1.29, 1.82) is 0 Å². The molecule has 0 rings (SSSR count). The molecule has 0 saturated heterocycles. The van der Waals surface area contributed by atoms with Crippen LogP contribution >= 0.6 is 0 Å². The summed E-state index contributed by atoms with van der Waals surface area (Å²) in [5, 5.41) is 2.97. The largest absolute Gasteiger partial charge is 0.350 e. The van der Waals surface area contributed by atoms with Crippen molar-refractivity contribution in [1.82, 2.24) is 5.32 Å². The van der Waals surface area contributed by atoms with E-state index in [9.17, 15) is 9.00 Å². The maximum atomic E-state index is 11.6. The van der Waals surface area contributed by atoms with Gasteiger partial charge in [-0.1, -0.05) is 13.8 Å². The number of carbonyl (C=O) groups excluding carboxylic acids is 1. The second-order valence-corrected chi connectivity index (χ2v) is 6.39. The molecule has 1 atom stereocenters. The molecular weight excluding hydrogens is 292 g/mol. The summed E-state index contributed by atoms with van der Waals surface area (Å²) in [7, 11) is 1.35. The minimum absolute atomic E-state index is 0.0209. The highest BCUT2D eigenvalue weighted by molar-refractivity contribution is 7.75. The summed E-state index contributed by atoms with van der Waals surface area (Å²) in [6.07, 6.45) is 0.814. The maximum Gasteiger partial charge on any atom is 0.304 e. The van der Waals surface area contributed by atoms with Crippen LogP contribution in [0, 0.1) is 5.92 Å². The number of hydrogen-bond donors (Lipinski definition) is 1. The molecule has 0 aromatic carbocycles. The zero-order valence-electron chi connectivity index (χ0n) is 14.0. The molecule has 0 saturated carbocycles. The first kappa shape index (κ1) is 20.5. The van der Waals surface area contributed by atoms with Crippen molar-refractivity contribution in [2.45, 2.75) is 34.1 Å². The molecule has 0 radical (unpaired) electrons. The fourth-order valence-corrected chi connectivity index (χ4v) is 2.51. The lowest BCUT2D eigenvalue weighted by Crippen LogP contribution is -2.52. The number of carbonyl (C=O) groups is 1. The molecule has 6 nitrogen and oxygen atoms in total. The second-order valence-electron chi connectivity index (χ2n) is 5.41. The van der Waals surface area contributed by atoms with E-state index in [4.69, 9.17) is 4.18 Å². The van der Waals surface area contributed by atoms with Gasteiger partial charge >= 0.3 is 11.4 Å². The predicted molar refractivity (Wildman–Crippen MR) is 84.6 cm³/mol. The van der Waals surface area contributed by atoms with Crippen molar-refractivity contribution in [3.05, 3.63) is 0 Å². The Labute approximate surface area is 131 Å². The van der Waals surface area contributed by atoms with Crippen molar-refractivity contribution >= 4 is 17.3 Å². The molecule has 7 heteroatoms. The van der Waals surface area contributed by atoms with Crippen molar-refractivity contribution in [2.24, 2.45) is 5.92 Å². The summed E-state index contributed by atoms with van der Waals surface area (Å²) in [5.74, 6) is 0.117. The zero-order chi connectivity index (χ0) is 16.3. The standard InChI is InChI=1S/C14H30N2O4S/c1-6-16(7-2,10-8-12-20-21(18)19-5)11-9-15-14(17)13(3)4/h13H,6-12H2,1-5H3/p+1. The van der Waals surface area contributed by atoms with Crippen molar-refractivity contribution in [3.63, 3.8) is 0 Å². The van der Waals surface area contributed by atoms with Crippen LogP contribution in [0.2, 0.25) is 0 Å². The molecule has 1 N–H and O–H groups in total. The number of nitrogens with one attached hydrogen (secondary N) is 1. The van der Waals surface area contributed by atoms with Gasteiger partial charge < -0.3 is 9.80 Å². The van der Waals surface area contributed by atoms with E-state index in [0.717, 1.165) is 37.1 Å². The van der Waals surface area contributed by atoms with Gasteiger partial charge in [0.2, 0.25) is 5.91 Å². The van der Waals surface area contributed by atoms with Crippen LogP contribution in [0.15, 0.2) is 0 Å². The Balaban J connectivity index is 4.17. The van der Waals surface area contributed by atoms with Crippen molar-refractivity contribution < 1.29 is 21.9 Å². The lowest BCUT2D eigenvalue weighted by molar-refractivity contribution is -0.924. The van der Waals surface area contributed by atoms with Gasteiger partial charge in [0.1, 0.15) is 0 Å². The van der Waals surface area contributed by atoms with E-state index in [2.05, 4.69) is 23.3 Å². The van der Waals surface area contributed by atoms with Crippen molar-refractivity contribution in [3.8, 4) is 0 Å². The van der Waals surface area contributed by atoms with E-state index in [1.165, 1.54) is 7.11 Å². The number of rotatable bonds is 12. The molecular formula is C14H31N2O4S+. The van der Waals surface area contributed by atoms with Gasteiger partial charge in [-0.05, 0) is 13.8 Å². The van der Waals surface area contributed by atoms with Gasteiger partial charge in [0.15, 0.2) is 0 Å². The first-order chi connectivity index (χ1) is 9.90. The second kappa shape index (κ2) is 11.1. The summed E-state index contributed by atoms with van der Waals surface area (Å²) in [4.78, 5) is 11.6. The molecule has 0 aromatic heterocycles. The predicted octanol–water partition coefficient (Wildman–Crippen LogP) is 1.25. The van der Waals surface area contributed by atoms with Gasteiger partial charge in [0.05, 0.1) is 46.4 Å². The fourth-order valence-electron chi connectivity index (χ4n) is 2.16.